The summed E-state index contributed by atoms with van der Waals surface area (Å²) < 4.78 is 24.6. The second kappa shape index (κ2) is 9.19. The van der Waals surface area contributed by atoms with Crippen LogP contribution >= 0.6 is 23.4 Å². The number of hydrogen-bond acceptors (Lipinski definition) is 9. The molecule has 3 rings (SSSR count). The summed E-state index contributed by atoms with van der Waals surface area (Å²) in [5.74, 6) is 0.143. The molecule has 31 heavy (non-hydrogen) atoms. The van der Waals surface area contributed by atoms with Crippen LogP contribution in [0.25, 0.3) is 0 Å². The first-order chi connectivity index (χ1) is 14.5. The highest BCUT2D eigenvalue weighted by Crippen LogP contribution is 2.37. The monoisotopic (exact) mass is 484 g/mol. The number of benzene rings is 1. The van der Waals surface area contributed by atoms with Gasteiger partial charge in [-0.3, -0.25) is 4.79 Å². The van der Waals surface area contributed by atoms with Crippen molar-refractivity contribution in [2.45, 2.75) is 29.7 Å². The minimum Gasteiger partial charge on any atom is -0.381 e. The Bertz CT molecular complexity index is 1090. The number of anilines is 2. The zero-order valence-electron chi connectivity index (χ0n) is 17.3. The highest BCUT2D eigenvalue weighted by atomic mass is 35.5. The molecule has 2 aromatic rings. The Labute approximate surface area is 191 Å². The quantitative estimate of drug-likeness (QED) is 0.561. The van der Waals surface area contributed by atoms with Gasteiger partial charge in [0.15, 0.2) is 5.82 Å². The summed E-state index contributed by atoms with van der Waals surface area (Å²) in [7, 11) is -3.71. The van der Waals surface area contributed by atoms with Crippen molar-refractivity contribution in [2.75, 3.05) is 36.5 Å². The number of carbonyl (C=O) groups is 1. The Balaban J connectivity index is 1.77. The van der Waals surface area contributed by atoms with Gasteiger partial charge in [-0.25, -0.2) is 23.1 Å². The smallest absolute Gasteiger partial charge is 0.266 e. The maximum absolute atomic E-state index is 12.2. The highest BCUT2D eigenvalue weighted by Gasteiger charge is 2.29. The third kappa shape index (κ3) is 5.79. The van der Waals surface area contributed by atoms with Gasteiger partial charge in [-0.15, -0.1) is 0 Å². The maximum Gasteiger partial charge on any atom is 0.266 e. The minimum atomic E-state index is -3.71. The number of aromatic nitrogens is 2. The molecule has 12 heteroatoms. The molecular weight excluding hydrogens is 460 g/mol. The molecule has 1 aromatic carbocycles. The third-order valence-electron chi connectivity index (χ3n) is 5.23. The largest absolute Gasteiger partial charge is 0.381 e. The summed E-state index contributed by atoms with van der Waals surface area (Å²) in [6.45, 7) is 4.51. The summed E-state index contributed by atoms with van der Waals surface area (Å²) in [6.07, 6.45) is 4.51. The van der Waals surface area contributed by atoms with Gasteiger partial charge in [-0.05, 0) is 36.9 Å². The van der Waals surface area contributed by atoms with Crippen LogP contribution in [0.2, 0.25) is 5.02 Å². The van der Waals surface area contributed by atoms with E-state index in [0.29, 0.717) is 22.3 Å². The number of sulfonamides is 1. The standard InChI is InChI=1S/C19H25ClN6O3S2/c1-19(11-21)6-8-26(9-7-19)14-10-23-18(16(22)24-14)30-13-5-3-4-12(15(13)20)17(27)25-31(2,28)29/h3-5,10H,6-9,11,21H2,1-2H3,(H2,22,24)(H,25,27). The van der Waals surface area contributed by atoms with Crippen molar-refractivity contribution in [2.24, 2.45) is 11.1 Å². The summed E-state index contributed by atoms with van der Waals surface area (Å²) >= 11 is 7.50. The van der Waals surface area contributed by atoms with Gasteiger partial charge in [0.2, 0.25) is 10.0 Å². The van der Waals surface area contributed by atoms with E-state index >= 15 is 0 Å². The van der Waals surface area contributed by atoms with Crippen LogP contribution in [0.15, 0.2) is 34.3 Å². The van der Waals surface area contributed by atoms with E-state index in [1.807, 2.05) is 4.72 Å². The van der Waals surface area contributed by atoms with Crippen LogP contribution in [0.1, 0.15) is 30.1 Å². The molecule has 1 aromatic heterocycles. The first kappa shape index (κ1) is 23.6. The molecule has 0 spiro atoms. The number of nitrogens with one attached hydrogen (secondary N) is 1. The van der Waals surface area contributed by atoms with Crippen molar-refractivity contribution >= 4 is 50.9 Å². The molecule has 5 N–H and O–H groups in total. The van der Waals surface area contributed by atoms with Gasteiger partial charge in [0.05, 0.1) is 23.0 Å². The van der Waals surface area contributed by atoms with E-state index in [2.05, 4.69) is 21.8 Å². The molecule has 1 fully saturated rings. The fraction of sp³-hybridized carbons (Fsp3) is 0.421. The van der Waals surface area contributed by atoms with Crippen molar-refractivity contribution in [1.29, 1.82) is 0 Å². The highest BCUT2D eigenvalue weighted by molar-refractivity contribution is 7.99. The van der Waals surface area contributed by atoms with E-state index in [1.165, 1.54) is 6.07 Å². The number of hydrogen-bond donors (Lipinski definition) is 3. The second-order valence-corrected chi connectivity index (χ2v) is 11.0. The van der Waals surface area contributed by atoms with Gasteiger partial charge in [0.25, 0.3) is 5.91 Å². The van der Waals surface area contributed by atoms with Crippen LogP contribution in [0, 0.1) is 5.41 Å². The van der Waals surface area contributed by atoms with Gasteiger partial charge in [-0.2, -0.15) is 0 Å². The number of rotatable bonds is 6. The Morgan fingerprint density at radius 1 is 1.35 bits per heavy atom. The Kier molecular flexibility index (Phi) is 6.99. The van der Waals surface area contributed by atoms with E-state index in [0.717, 1.165) is 43.9 Å². The number of halogens is 1. The summed E-state index contributed by atoms with van der Waals surface area (Å²) in [5.41, 5.74) is 12.2. The predicted molar refractivity (Wildman–Crippen MR) is 123 cm³/mol. The lowest BCUT2D eigenvalue weighted by molar-refractivity contribution is 0.0981. The molecule has 1 amide bonds. The fourth-order valence-electron chi connectivity index (χ4n) is 3.19. The summed E-state index contributed by atoms with van der Waals surface area (Å²) in [6, 6.07) is 4.74. The lowest BCUT2D eigenvalue weighted by Crippen LogP contribution is -2.42. The number of nitrogen functional groups attached to an aromatic ring is 1. The molecule has 1 saturated heterocycles. The lowest BCUT2D eigenvalue weighted by atomic mass is 9.80. The van der Waals surface area contributed by atoms with Gasteiger partial charge in [0, 0.05) is 18.0 Å². The molecule has 0 unspecified atom stereocenters. The molecule has 168 valence electrons. The van der Waals surface area contributed by atoms with E-state index < -0.39 is 15.9 Å². The molecule has 0 atom stereocenters. The molecular formula is C19H25ClN6O3S2. The van der Waals surface area contributed by atoms with E-state index in [9.17, 15) is 13.2 Å². The van der Waals surface area contributed by atoms with Gasteiger partial charge in [0.1, 0.15) is 10.8 Å². The van der Waals surface area contributed by atoms with E-state index in [-0.39, 0.29) is 21.8 Å². The van der Waals surface area contributed by atoms with Crippen LogP contribution in [-0.4, -0.2) is 50.2 Å². The van der Waals surface area contributed by atoms with Crippen molar-refractivity contribution in [3.63, 3.8) is 0 Å². The van der Waals surface area contributed by atoms with Crippen LogP contribution in [0.3, 0.4) is 0 Å². The average Bonchev–Trinajstić information content (AvgIpc) is 2.70. The third-order valence-corrected chi connectivity index (χ3v) is 7.37. The molecule has 0 radical (unpaired) electrons. The number of carbonyl (C=O) groups excluding carboxylic acids is 1. The average molecular weight is 485 g/mol. The predicted octanol–water partition coefficient (Wildman–Crippen LogP) is 2.12. The number of nitrogens with zero attached hydrogens (tertiary/aromatic N) is 3. The SMILES string of the molecule is CC1(CN)CCN(c2cnc(Sc3cccc(C(=O)NS(C)(=O)=O)c3Cl)c(N)n2)CC1. The molecule has 9 nitrogen and oxygen atoms in total. The molecule has 2 heterocycles. The molecule has 1 aliphatic heterocycles. The second-order valence-electron chi connectivity index (χ2n) is 7.84. The van der Waals surface area contributed by atoms with Crippen molar-refractivity contribution in [3.8, 4) is 0 Å². The number of amides is 1. The van der Waals surface area contributed by atoms with Crippen molar-refractivity contribution in [3.05, 3.63) is 35.0 Å². The van der Waals surface area contributed by atoms with E-state index in [1.54, 1.807) is 18.3 Å². The molecule has 1 aliphatic rings. The molecule has 0 saturated carbocycles. The Hall–Kier alpha value is -2.08. The number of nitrogens with two attached hydrogens (primary N) is 2. The van der Waals surface area contributed by atoms with Crippen LogP contribution in [0.4, 0.5) is 11.6 Å². The van der Waals surface area contributed by atoms with Crippen molar-refractivity contribution < 1.29 is 13.2 Å². The van der Waals surface area contributed by atoms with E-state index in [4.69, 9.17) is 23.1 Å². The number of piperidine rings is 1. The molecule has 0 aliphatic carbocycles. The van der Waals surface area contributed by atoms with Crippen LogP contribution in [-0.2, 0) is 10.0 Å². The summed E-state index contributed by atoms with van der Waals surface area (Å²) in [5, 5.41) is 0.547. The first-order valence-electron chi connectivity index (χ1n) is 9.57. The lowest BCUT2D eigenvalue weighted by Gasteiger charge is -2.39. The minimum absolute atomic E-state index is 0.0384. The zero-order chi connectivity index (χ0) is 22.8. The maximum atomic E-state index is 12.2. The Morgan fingerprint density at radius 2 is 2.03 bits per heavy atom. The first-order valence-corrected chi connectivity index (χ1v) is 12.7. The van der Waals surface area contributed by atoms with Crippen LogP contribution in [0.5, 0.6) is 0 Å². The van der Waals surface area contributed by atoms with Gasteiger partial charge in [-0.1, -0.05) is 36.4 Å². The Morgan fingerprint density at radius 3 is 2.61 bits per heavy atom. The van der Waals surface area contributed by atoms with Crippen LogP contribution < -0.4 is 21.1 Å². The zero-order valence-corrected chi connectivity index (χ0v) is 19.6. The topological polar surface area (TPSA) is 144 Å². The summed E-state index contributed by atoms with van der Waals surface area (Å²) in [4.78, 5) is 23.8. The fourth-order valence-corrected chi connectivity index (χ4v) is 4.77. The normalized spacial score (nSPS) is 16.2. The van der Waals surface area contributed by atoms with Crippen molar-refractivity contribution in [1.82, 2.24) is 14.7 Å². The van der Waals surface area contributed by atoms with Gasteiger partial charge < -0.3 is 16.4 Å². The molecule has 0 bridgehead atoms. The van der Waals surface area contributed by atoms with Gasteiger partial charge >= 0.3 is 0 Å².